The molecule has 0 N–H and O–H groups in total. The molecule has 1 aromatic rings. The van der Waals surface area contributed by atoms with Gasteiger partial charge in [0.05, 0.1) is 4.92 Å². The van der Waals surface area contributed by atoms with E-state index in [-0.39, 0.29) is 15.4 Å². The summed E-state index contributed by atoms with van der Waals surface area (Å²) in [6, 6.07) is 0. The molecule has 1 atom stereocenters. The number of alkyl halides is 1. The van der Waals surface area contributed by atoms with E-state index in [1.165, 1.54) is 0 Å². The van der Waals surface area contributed by atoms with Crippen LogP contribution in [-0.2, 0) is 13.0 Å². The standard InChI is InChI=1S/C11H18BrN3O2/c1-5-14-10(6-9(12)7(2)3)11(15(16)17)8(4)13-14/h7,9H,5-6H2,1-4H3. The van der Waals surface area contributed by atoms with Crippen molar-refractivity contribution in [2.24, 2.45) is 5.92 Å². The molecular formula is C11H18BrN3O2. The average Bonchev–Trinajstić information content (AvgIpc) is 2.54. The summed E-state index contributed by atoms with van der Waals surface area (Å²) in [6.45, 7) is 8.46. The van der Waals surface area contributed by atoms with E-state index in [2.05, 4.69) is 34.9 Å². The average molecular weight is 304 g/mol. The van der Waals surface area contributed by atoms with Crippen LogP contribution >= 0.6 is 15.9 Å². The van der Waals surface area contributed by atoms with Gasteiger partial charge in [0.2, 0.25) is 0 Å². The molecule has 0 bridgehead atoms. The Bertz CT molecular complexity index is 415. The summed E-state index contributed by atoms with van der Waals surface area (Å²) in [4.78, 5) is 11.0. The summed E-state index contributed by atoms with van der Waals surface area (Å²) in [7, 11) is 0. The smallest absolute Gasteiger partial charge is 0.262 e. The van der Waals surface area contributed by atoms with Crippen LogP contribution in [0.25, 0.3) is 0 Å². The maximum atomic E-state index is 11.1. The number of aryl methyl sites for hydroxylation is 2. The maximum absolute atomic E-state index is 11.1. The quantitative estimate of drug-likeness (QED) is 0.477. The van der Waals surface area contributed by atoms with Gasteiger partial charge in [-0.05, 0) is 19.8 Å². The van der Waals surface area contributed by atoms with Gasteiger partial charge in [-0.25, -0.2) is 0 Å². The van der Waals surface area contributed by atoms with E-state index in [4.69, 9.17) is 0 Å². The number of halogens is 1. The molecule has 1 heterocycles. The van der Waals surface area contributed by atoms with Gasteiger partial charge >= 0.3 is 5.69 Å². The van der Waals surface area contributed by atoms with Gasteiger partial charge in [0.15, 0.2) is 0 Å². The normalized spacial score (nSPS) is 13.1. The van der Waals surface area contributed by atoms with Crippen molar-refractivity contribution in [3.05, 3.63) is 21.5 Å². The molecular weight excluding hydrogens is 286 g/mol. The highest BCUT2D eigenvalue weighted by atomic mass is 79.9. The minimum Gasteiger partial charge on any atom is -0.262 e. The minimum absolute atomic E-state index is 0.164. The van der Waals surface area contributed by atoms with Crippen LogP contribution in [0, 0.1) is 23.0 Å². The maximum Gasteiger partial charge on any atom is 0.313 e. The highest BCUT2D eigenvalue weighted by Crippen LogP contribution is 2.27. The fraction of sp³-hybridized carbons (Fsp3) is 0.727. The summed E-state index contributed by atoms with van der Waals surface area (Å²) < 4.78 is 1.73. The van der Waals surface area contributed by atoms with Crippen molar-refractivity contribution in [1.29, 1.82) is 0 Å². The van der Waals surface area contributed by atoms with Crippen LogP contribution in [0.3, 0.4) is 0 Å². The summed E-state index contributed by atoms with van der Waals surface area (Å²) in [5.74, 6) is 0.426. The van der Waals surface area contributed by atoms with E-state index < -0.39 is 0 Å². The predicted molar refractivity (Wildman–Crippen MR) is 70.5 cm³/mol. The Morgan fingerprint density at radius 1 is 1.53 bits per heavy atom. The molecule has 0 fully saturated rings. The molecule has 0 aromatic carbocycles. The van der Waals surface area contributed by atoms with Crippen LogP contribution in [0.5, 0.6) is 0 Å². The lowest BCUT2D eigenvalue weighted by atomic mass is 10.1. The van der Waals surface area contributed by atoms with Crippen LogP contribution in [-0.4, -0.2) is 19.5 Å². The first-order valence-electron chi connectivity index (χ1n) is 5.73. The third-order valence-electron chi connectivity index (χ3n) is 2.79. The lowest BCUT2D eigenvalue weighted by Crippen LogP contribution is -2.15. The van der Waals surface area contributed by atoms with Crippen LogP contribution < -0.4 is 0 Å². The Morgan fingerprint density at radius 3 is 2.53 bits per heavy atom. The summed E-state index contributed by atoms with van der Waals surface area (Å²) in [5.41, 5.74) is 1.37. The van der Waals surface area contributed by atoms with Crippen molar-refractivity contribution in [1.82, 2.24) is 9.78 Å². The molecule has 0 radical (unpaired) electrons. The minimum atomic E-state index is -0.329. The molecule has 0 aliphatic rings. The Labute approximate surface area is 109 Å². The largest absolute Gasteiger partial charge is 0.313 e. The molecule has 1 aromatic heterocycles. The summed E-state index contributed by atoms with van der Waals surface area (Å²) >= 11 is 3.57. The highest BCUT2D eigenvalue weighted by molar-refractivity contribution is 9.09. The van der Waals surface area contributed by atoms with Crippen molar-refractivity contribution in [3.8, 4) is 0 Å². The van der Waals surface area contributed by atoms with E-state index >= 15 is 0 Å². The molecule has 0 aliphatic carbocycles. The molecule has 1 rings (SSSR count). The van der Waals surface area contributed by atoms with E-state index in [1.54, 1.807) is 11.6 Å². The molecule has 5 nitrogen and oxygen atoms in total. The lowest BCUT2D eigenvalue weighted by Gasteiger charge is -2.13. The van der Waals surface area contributed by atoms with E-state index in [0.717, 1.165) is 0 Å². The zero-order valence-corrected chi connectivity index (χ0v) is 12.2. The van der Waals surface area contributed by atoms with E-state index in [9.17, 15) is 10.1 Å². The first-order chi connectivity index (χ1) is 7.88. The van der Waals surface area contributed by atoms with Crippen molar-refractivity contribution >= 4 is 21.6 Å². The van der Waals surface area contributed by atoms with Gasteiger partial charge in [0, 0.05) is 17.8 Å². The number of nitro groups is 1. The summed E-state index contributed by atoms with van der Waals surface area (Å²) in [6.07, 6.45) is 0.628. The SMILES string of the molecule is CCn1nc(C)c([N+](=O)[O-])c1CC(Br)C(C)C. The number of hydrogen-bond donors (Lipinski definition) is 0. The summed E-state index contributed by atoms with van der Waals surface area (Å²) in [5, 5.41) is 15.3. The van der Waals surface area contributed by atoms with Crippen LogP contribution in [0.4, 0.5) is 5.69 Å². The van der Waals surface area contributed by atoms with Gasteiger partial charge in [-0.3, -0.25) is 14.8 Å². The first kappa shape index (κ1) is 14.2. The molecule has 0 saturated heterocycles. The molecule has 0 aliphatic heterocycles. The fourth-order valence-corrected chi connectivity index (χ4v) is 2.05. The molecule has 1 unspecified atom stereocenters. The van der Waals surface area contributed by atoms with Crippen LogP contribution in [0.15, 0.2) is 0 Å². The van der Waals surface area contributed by atoms with Gasteiger partial charge in [-0.1, -0.05) is 29.8 Å². The van der Waals surface area contributed by atoms with Crippen LogP contribution in [0.2, 0.25) is 0 Å². The third kappa shape index (κ3) is 3.06. The van der Waals surface area contributed by atoms with Gasteiger partial charge in [-0.2, -0.15) is 5.10 Å². The number of aromatic nitrogens is 2. The van der Waals surface area contributed by atoms with Gasteiger partial charge in [0.1, 0.15) is 11.4 Å². The molecule has 17 heavy (non-hydrogen) atoms. The van der Waals surface area contributed by atoms with Gasteiger partial charge in [0.25, 0.3) is 0 Å². The Morgan fingerprint density at radius 2 is 2.12 bits per heavy atom. The van der Waals surface area contributed by atoms with Gasteiger partial charge in [-0.15, -0.1) is 0 Å². The second-order valence-electron chi connectivity index (χ2n) is 4.42. The predicted octanol–water partition coefficient (Wildman–Crippen LogP) is 3.08. The van der Waals surface area contributed by atoms with Crippen molar-refractivity contribution in [2.45, 2.75) is 45.5 Å². The zero-order valence-electron chi connectivity index (χ0n) is 10.6. The monoisotopic (exact) mass is 303 g/mol. The van der Waals surface area contributed by atoms with Crippen molar-refractivity contribution in [2.75, 3.05) is 0 Å². The number of nitrogens with zero attached hydrogens (tertiary/aromatic N) is 3. The van der Waals surface area contributed by atoms with Crippen LogP contribution in [0.1, 0.15) is 32.2 Å². The lowest BCUT2D eigenvalue weighted by molar-refractivity contribution is -0.386. The van der Waals surface area contributed by atoms with E-state index in [0.29, 0.717) is 30.3 Å². The Balaban J connectivity index is 3.15. The second-order valence-corrected chi connectivity index (χ2v) is 5.59. The molecule has 6 heteroatoms. The first-order valence-corrected chi connectivity index (χ1v) is 6.64. The molecule has 0 saturated carbocycles. The Kier molecular flexibility index (Phi) is 4.68. The van der Waals surface area contributed by atoms with Crippen molar-refractivity contribution in [3.63, 3.8) is 0 Å². The van der Waals surface area contributed by atoms with E-state index in [1.807, 2.05) is 6.92 Å². The van der Waals surface area contributed by atoms with Crippen molar-refractivity contribution < 1.29 is 4.92 Å². The number of hydrogen-bond acceptors (Lipinski definition) is 3. The molecule has 0 spiro atoms. The third-order valence-corrected chi connectivity index (χ3v) is 4.17. The highest BCUT2D eigenvalue weighted by Gasteiger charge is 2.26. The molecule has 96 valence electrons. The second kappa shape index (κ2) is 5.62. The Hall–Kier alpha value is -0.910. The van der Waals surface area contributed by atoms with Gasteiger partial charge < -0.3 is 0 Å². The fourth-order valence-electron chi connectivity index (χ4n) is 1.74. The zero-order chi connectivity index (χ0) is 13.2. The topological polar surface area (TPSA) is 61.0 Å². The molecule has 0 amide bonds. The number of rotatable bonds is 5.